The molecular formula is C18H20FN3O3S. The number of carbonyl (C=O) groups excluding carboxylic acids is 3. The fraction of sp³-hybridized carbons (Fsp3) is 0.278. The van der Waals surface area contributed by atoms with Crippen molar-refractivity contribution in [2.45, 2.75) is 12.8 Å². The van der Waals surface area contributed by atoms with Gasteiger partial charge in [0.2, 0.25) is 11.8 Å². The molecule has 3 amide bonds. The first-order chi connectivity index (χ1) is 12.5. The highest BCUT2D eigenvalue weighted by Gasteiger charge is 2.13. The van der Waals surface area contributed by atoms with Crippen molar-refractivity contribution in [3.8, 4) is 0 Å². The Hall–Kier alpha value is -2.74. The third-order valence-corrected chi connectivity index (χ3v) is 4.38. The largest absolute Gasteiger partial charge is 0.351 e. The van der Waals surface area contributed by atoms with Gasteiger partial charge in [-0.3, -0.25) is 14.4 Å². The Balaban J connectivity index is 1.66. The molecule has 6 nitrogen and oxygen atoms in total. The molecule has 0 fully saturated rings. The lowest BCUT2D eigenvalue weighted by atomic mass is 10.2. The van der Waals surface area contributed by atoms with Crippen LogP contribution in [0.4, 0.5) is 10.1 Å². The summed E-state index contributed by atoms with van der Waals surface area (Å²) >= 11 is 1.35. The normalized spacial score (nSPS) is 10.2. The van der Waals surface area contributed by atoms with Crippen LogP contribution in [0.25, 0.3) is 0 Å². The van der Waals surface area contributed by atoms with Gasteiger partial charge in [-0.1, -0.05) is 12.1 Å². The maximum absolute atomic E-state index is 13.1. The number of nitrogens with one attached hydrogen (secondary N) is 2. The van der Waals surface area contributed by atoms with E-state index in [2.05, 4.69) is 10.6 Å². The molecule has 0 aliphatic carbocycles. The van der Waals surface area contributed by atoms with E-state index in [-0.39, 0.29) is 24.8 Å². The molecule has 2 aromatic rings. The van der Waals surface area contributed by atoms with Crippen molar-refractivity contribution in [3.63, 3.8) is 0 Å². The Bertz CT molecular complexity index is 765. The molecular weight excluding hydrogens is 357 g/mol. The summed E-state index contributed by atoms with van der Waals surface area (Å²) in [6.45, 7) is 0.253. The van der Waals surface area contributed by atoms with Gasteiger partial charge >= 0.3 is 0 Å². The number of benzene rings is 1. The number of hydrogen-bond acceptors (Lipinski definition) is 4. The highest BCUT2D eigenvalue weighted by molar-refractivity contribution is 7.12. The molecule has 26 heavy (non-hydrogen) atoms. The molecule has 1 aromatic heterocycles. The lowest BCUT2D eigenvalue weighted by Crippen LogP contribution is -2.35. The van der Waals surface area contributed by atoms with E-state index in [9.17, 15) is 18.8 Å². The van der Waals surface area contributed by atoms with Crippen LogP contribution in [0.1, 0.15) is 22.5 Å². The van der Waals surface area contributed by atoms with Gasteiger partial charge in [0.05, 0.1) is 11.4 Å². The van der Waals surface area contributed by atoms with Crippen molar-refractivity contribution in [1.82, 2.24) is 10.2 Å². The number of anilines is 1. The molecule has 0 saturated carbocycles. The SMILES string of the molecule is CN(CC(=O)Nc1cccc(F)c1)C(=O)CCCNC(=O)c1cccs1. The van der Waals surface area contributed by atoms with Crippen LogP contribution in [-0.4, -0.2) is 42.8 Å². The van der Waals surface area contributed by atoms with Crippen molar-refractivity contribution >= 4 is 34.7 Å². The van der Waals surface area contributed by atoms with Crippen LogP contribution < -0.4 is 10.6 Å². The maximum atomic E-state index is 13.1. The Labute approximate surface area is 155 Å². The summed E-state index contributed by atoms with van der Waals surface area (Å²) in [6, 6.07) is 9.07. The number of nitrogens with zero attached hydrogens (tertiary/aromatic N) is 1. The van der Waals surface area contributed by atoms with Crippen molar-refractivity contribution in [2.75, 3.05) is 25.5 Å². The Morgan fingerprint density at radius 3 is 2.69 bits per heavy atom. The first-order valence-corrected chi connectivity index (χ1v) is 8.95. The van der Waals surface area contributed by atoms with Gasteiger partial charge in [0.1, 0.15) is 5.82 Å². The van der Waals surface area contributed by atoms with E-state index in [1.54, 1.807) is 18.2 Å². The van der Waals surface area contributed by atoms with Gasteiger partial charge in [0.25, 0.3) is 5.91 Å². The van der Waals surface area contributed by atoms with Crippen molar-refractivity contribution < 1.29 is 18.8 Å². The van der Waals surface area contributed by atoms with Gasteiger partial charge in [0.15, 0.2) is 0 Å². The average molecular weight is 377 g/mol. The second kappa shape index (κ2) is 9.67. The van der Waals surface area contributed by atoms with Crippen LogP contribution in [0, 0.1) is 5.82 Å². The molecule has 0 saturated heterocycles. The number of halogens is 1. The summed E-state index contributed by atoms with van der Waals surface area (Å²) < 4.78 is 13.1. The quantitative estimate of drug-likeness (QED) is 0.694. The molecule has 1 heterocycles. The minimum Gasteiger partial charge on any atom is -0.351 e. The predicted octanol–water partition coefficient (Wildman–Crippen LogP) is 2.49. The Kier molecular flexibility index (Phi) is 7.28. The summed E-state index contributed by atoms with van der Waals surface area (Å²) in [5.74, 6) is -1.21. The Morgan fingerprint density at radius 1 is 1.19 bits per heavy atom. The van der Waals surface area contributed by atoms with E-state index in [1.165, 1.54) is 41.5 Å². The number of carbonyl (C=O) groups is 3. The van der Waals surface area contributed by atoms with Gasteiger partial charge in [-0.15, -0.1) is 11.3 Å². The van der Waals surface area contributed by atoms with Crippen molar-refractivity contribution in [1.29, 1.82) is 0 Å². The molecule has 0 aliphatic heterocycles. The lowest BCUT2D eigenvalue weighted by Gasteiger charge is -2.17. The van der Waals surface area contributed by atoms with E-state index in [0.717, 1.165) is 0 Å². The highest BCUT2D eigenvalue weighted by atomic mass is 32.1. The highest BCUT2D eigenvalue weighted by Crippen LogP contribution is 2.09. The molecule has 0 unspecified atom stereocenters. The molecule has 0 radical (unpaired) electrons. The smallest absolute Gasteiger partial charge is 0.261 e. The van der Waals surface area contributed by atoms with Crippen LogP contribution in [0.2, 0.25) is 0 Å². The van der Waals surface area contributed by atoms with E-state index >= 15 is 0 Å². The van der Waals surface area contributed by atoms with Gasteiger partial charge in [0, 0.05) is 25.7 Å². The predicted molar refractivity (Wildman–Crippen MR) is 98.6 cm³/mol. The minimum absolute atomic E-state index is 0.128. The van der Waals surface area contributed by atoms with E-state index < -0.39 is 11.7 Å². The summed E-state index contributed by atoms with van der Waals surface area (Å²) in [5.41, 5.74) is 0.340. The second-order valence-electron chi connectivity index (χ2n) is 5.65. The zero-order valence-electron chi connectivity index (χ0n) is 14.3. The molecule has 138 valence electrons. The number of likely N-dealkylation sites (N-methyl/N-ethyl adjacent to an activating group) is 1. The molecule has 2 N–H and O–H groups in total. The molecule has 0 spiro atoms. The first kappa shape index (κ1) is 19.6. The van der Waals surface area contributed by atoms with Gasteiger partial charge in [-0.2, -0.15) is 0 Å². The van der Waals surface area contributed by atoms with Gasteiger partial charge in [-0.25, -0.2) is 4.39 Å². The van der Waals surface area contributed by atoms with Crippen molar-refractivity contribution in [2.24, 2.45) is 0 Å². The molecule has 0 atom stereocenters. The topological polar surface area (TPSA) is 78.5 Å². The zero-order chi connectivity index (χ0) is 18.9. The zero-order valence-corrected chi connectivity index (χ0v) is 15.1. The second-order valence-corrected chi connectivity index (χ2v) is 6.59. The van der Waals surface area contributed by atoms with E-state index in [1.807, 2.05) is 5.38 Å². The summed E-state index contributed by atoms with van der Waals surface area (Å²) in [5, 5.41) is 7.10. The number of thiophene rings is 1. The molecule has 0 aliphatic rings. The molecule has 2 rings (SSSR count). The Morgan fingerprint density at radius 2 is 2.00 bits per heavy atom. The van der Waals surface area contributed by atoms with E-state index in [0.29, 0.717) is 23.5 Å². The van der Waals surface area contributed by atoms with Crippen LogP contribution in [-0.2, 0) is 9.59 Å². The molecule has 8 heteroatoms. The molecule has 1 aromatic carbocycles. The summed E-state index contributed by atoms with van der Waals surface area (Å²) in [7, 11) is 1.53. The van der Waals surface area contributed by atoms with E-state index in [4.69, 9.17) is 0 Å². The van der Waals surface area contributed by atoms with Gasteiger partial charge < -0.3 is 15.5 Å². The number of amides is 3. The van der Waals surface area contributed by atoms with Crippen molar-refractivity contribution in [3.05, 3.63) is 52.5 Å². The van der Waals surface area contributed by atoms with Crippen LogP contribution in [0.3, 0.4) is 0 Å². The minimum atomic E-state index is -0.447. The average Bonchev–Trinajstić information content (AvgIpc) is 3.12. The van der Waals surface area contributed by atoms with Crippen LogP contribution >= 0.6 is 11.3 Å². The standard InChI is InChI=1S/C18H20FN3O3S/c1-22(12-16(23)21-14-6-2-5-13(19)11-14)17(24)8-3-9-20-18(25)15-7-4-10-26-15/h2,4-7,10-11H,3,8-9,12H2,1H3,(H,20,25)(H,21,23). The summed E-state index contributed by atoms with van der Waals surface area (Å²) in [4.78, 5) is 37.6. The first-order valence-electron chi connectivity index (χ1n) is 8.07. The fourth-order valence-electron chi connectivity index (χ4n) is 2.20. The number of hydrogen-bond donors (Lipinski definition) is 2. The maximum Gasteiger partial charge on any atom is 0.261 e. The van der Waals surface area contributed by atoms with Crippen LogP contribution in [0.15, 0.2) is 41.8 Å². The third kappa shape index (κ3) is 6.29. The fourth-order valence-corrected chi connectivity index (χ4v) is 2.84. The van der Waals surface area contributed by atoms with Gasteiger partial charge in [-0.05, 0) is 36.1 Å². The van der Waals surface area contributed by atoms with Crippen LogP contribution in [0.5, 0.6) is 0 Å². The number of rotatable bonds is 8. The summed E-state index contributed by atoms with van der Waals surface area (Å²) in [6.07, 6.45) is 0.695. The third-order valence-electron chi connectivity index (χ3n) is 3.51. The monoisotopic (exact) mass is 377 g/mol. The lowest BCUT2D eigenvalue weighted by molar-refractivity contribution is -0.133. The molecule has 0 bridgehead atoms.